The Morgan fingerprint density at radius 1 is 1.00 bits per heavy atom. The number of hydrogen-bond donors (Lipinski definition) is 1. The molecule has 156 valence electrons. The van der Waals surface area contributed by atoms with Crippen molar-refractivity contribution in [2.45, 2.75) is 39.2 Å². The van der Waals surface area contributed by atoms with Gasteiger partial charge in [0.2, 0.25) is 5.91 Å². The van der Waals surface area contributed by atoms with Crippen molar-refractivity contribution < 1.29 is 14.3 Å². The minimum Gasteiger partial charge on any atom is -0.486 e. The van der Waals surface area contributed by atoms with Crippen molar-refractivity contribution in [3.05, 3.63) is 59.7 Å². The van der Waals surface area contributed by atoms with Crippen molar-refractivity contribution in [2.75, 3.05) is 32.8 Å². The van der Waals surface area contributed by atoms with Gasteiger partial charge >= 0.3 is 0 Å². The Morgan fingerprint density at radius 2 is 1.72 bits per heavy atom. The van der Waals surface area contributed by atoms with Gasteiger partial charge in [-0.1, -0.05) is 50.2 Å². The lowest BCUT2D eigenvalue weighted by molar-refractivity contribution is -0.121. The largest absolute Gasteiger partial charge is 0.486 e. The van der Waals surface area contributed by atoms with Crippen LogP contribution in [0.1, 0.15) is 31.4 Å². The van der Waals surface area contributed by atoms with Gasteiger partial charge in [0, 0.05) is 19.0 Å². The predicted molar refractivity (Wildman–Crippen MR) is 116 cm³/mol. The highest BCUT2D eigenvalue weighted by Gasteiger charge is 2.18. The van der Waals surface area contributed by atoms with E-state index in [0.717, 1.165) is 36.6 Å². The van der Waals surface area contributed by atoms with E-state index in [2.05, 4.69) is 48.3 Å². The third kappa shape index (κ3) is 6.23. The summed E-state index contributed by atoms with van der Waals surface area (Å²) in [6, 6.07) is 16.7. The van der Waals surface area contributed by atoms with E-state index in [-0.39, 0.29) is 5.91 Å². The third-order valence-electron chi connectivity index (χ3n) is 5.43. The van der Waals surface area contributed by atoms with Gasteiger partial charge in [0.1, 0.15) is 13.2 Å². The Bertz CT molecular complexity index is 775. The van der Waals surface area contributed by atoms with Crippen LogP contribution < -0.4 is 14.8 Å². The van der Waals surface area contributed by atoms with Gasteiger partial charge in [-0.25, -0.2) is 0 Å². The molecular weight excluding hydrogens is 364 g/mol. The van der Waals surface area contributed by atoms with Gasteiger partial charge in [0.15, 0.2) is 11.5 Å². The monoisotopic (exact) mass is 396 g/mol. The van der Waals surface area contributed by atoms with Gasteiger partial charge < -0.3 is 14.8 Å². The molecular formula is C24H32N2O3. The Hall–Kier alpha value is -2.53. The number of ether oxygens (including phenoxy) is 2. The normalized spacial score (nSPS) is 13.9. The summed E-state index contributed by atoms with van der Waals surface area (Å²) in [4.78, 5) is 14.9. The second-order valence-electron chi connectivity index (χ2n) is 7.35. The quantitative estimate of drug-likeness (QED) is 0.668. The molecule has 29 heavy (non-hydrogen) atoms. The van der Waals surface area contributed by atoms with Gasteiger partial charge in [0.05, 0.1) is 0 Å². The molecule has 0 saturated heterocycles. The number of carbonyl (C=O) groups is 1. The lowest BCUT2D eigenvalue weighted by Gasteiger charge is -2.30. The van der Waals surface area contributed by atoms with Crippen LogP contribution in [0.5, 0.6) is 11.5 Å². The van der Waals surface area contributed by atoms with Gasteiger partial charge in [-0.15, -0.1) is 0 Å². The first-order chi connectivity index (χ1) is 14.2. The summed E-state index contributed by atoms with van der Waals surface area (Å²) >= 11 is 0. The number of nitrogens with zero attached hydrogens (tertiary/aromatic N) is 1. The molecule has 0 aromatic heterocycles. The lowest BCUT2D eigenvalue weighted by atomic mass is 10.0. The molecule has 1 amide bonds. The molecule has 0 spiro atoms. The summed E-state index contributed by atoms with van der Waals surface area (Å²) < 4.78 is 11.2. The highest BCUT2D eigenvalue weighted by Crippen LogP contribution is 2.31. The second-order valence-corrected chi connectivity index (χ2v) is 7.35. The maximum Gasteiger partial charge on any atom is 0.220 e. The number of hydrogen-bond acceptors (Lipinski definition) is 4. The molecule has 1 aliphatic rings. The van der Waals surface area contributed by atoms with Gasteiger partial charge in [-0.05, 0) is 49.2 Å². The topological polar surface area (TPSA) is 50.8 Å². The van der Waals surface area contributed by atoms with E-state index < -0.39 is 0 Å². The molecule has 2 aromatic carbocycles. The van der Waals surface area contributed by atoms with Crippen molar-refractivity contribution >= 4 is 5.91 Å². The molecule has 3 rings (SSSR count). The molecule has 0 fully saturated rings. The van der Waals surface area contributed by atoms with E-state index in [1.165, 1.54) is 5.56 Å². The number of rotatable bonds is 10. The van der Waals surface area contributed by atoms with Crippen molar-refractivity contribution in [1.82, 2.24) is 10.2 Å². The first-order valence-corrected chi connectivity index (χ1v) is 10.6. The molecule has 1 heterocycles. The van der Waals surface area contributed by atoms with Crippen LogP contribution in [0.3, 0.4) is 0 Å². The van der Waals surface area contributed by atoms with E-state index in [0.29, 0.717) is 38.6 Å². The molecule has 2 aromatic rings. The summed E-state index contributed by atoms with van der Waals surface area (Å²) in [5.41, 5.74) is 2.39. The van der Waals surface area contributed by atoms with Crippen LogP contribution in [-0.4, -0.2) is 49.7 Å². The molecule has 1 N–H and O–H groups in total. The maximum absolute atomic E-state index is 12.5. The van der Waals surface area contributed by atoms with Crippen LogP contribution in [-0.2, 0) is 17.6 Å². The standard InChI is InChI=1S/C24H32N2O3/c1-3-26(4-2)21(16-19-8-6-5-7-9-19)18-25-24(27)13-11-20-10-12-22-23(17-20)29-15-14-28-22/h5-10,12,17,21H,3-4,11,13-16,18H2,1-2H3,(H,25,27)/t21-/m0/s1. The van der Waals surface area contributed by atoms with Gasteiger partial charge in [0.25, 0.3) is 0 Å². The summed E-state index contributed by atoms with van der Waals surface area (Å²) in [7, 11) is 0. The van der Waals surface area contributed by atoms with Crippen molar-refractivity contribution in [3.63, 3.8) is 0 Å². The Morgan fingerprint density at radius 3 is 2.45 bits per heavy atom. The average Bonchev–Trinajstić information content (AvgIpc) is 2.77. The minimum absolute atomic E-state index is 0.0881. The first-order valence-electron chi connectivity index (χ1n) is 10.6. The molecule has 0 bridgehead atoms. The number of aryl methyl sites for hydroxylation is 1. The van der Waals surface area contributed by atoms with Gasteiger partial charge in [-0.2, -0.15) is 0 Å². The third-order valence-corrected chi connectivity index (χ3v) is 5.43. The highest BCUT2D eigenvalue weighted by atomic mass is 16.6. The summed E-state index contributed by atoms with van der Waals surface area (Å²) in [5.74, 6) is 1.65. The smallest absolute Gasteiger partial charge is 0.220 e. The molecule has 0 saturated carbocycles. The van der Waals surface area contributed by atoms with Gasteiger partial charge in [-0.3, -0.25) is 9.69 Å². The minimum atomic E-state index is 0.0881. The lowest BCUT2D eigenvalue weighted by Crippen LogP contribution is -2.45. The summed E-state index contributed by atoms with van der Waals surface area (Å²) in [5, 5.41) is 3.15. The van der Waals surface area contributed by atoms with E-state index in [9.17, 15) is 4.79 Å². The maximum atomic E-state index is 12.5. The van der Waals surface area contributed by atoms with Crippen LogP contribution in [0.25, 0.3) is 0 Å². The highest BCUT2D eigenvalue weighted by molar-refractivity contribution is 5.76. The Labute approximate surface area is 174 Å². The van der Waals surface area contributed by atoms with Crippen molar-refractivity contribution in [1.29, 1.82) is 0 Å². The predicted octanol–water partition coefficient (Wildman–Crippen LogP) is 3.46. The molecule has 0 aliphatic carbocycles. The first kappa shape index (κ1) is 21.2. The zero-order valence-electron chi connectivity index (χ0n) is 17.5. The van der Waals surface area contributed by atoms with Crippen LogP contribution in [0.4, 0.5) is 0 Å². The molecule has 1 atom stereocenters. The fraction of sp³-hybridized carbons (Fsp3) is 0.458. The average molecular weight is 397 g/mol. The second kappa shape index (κ2) is 10.9. The van der Waals surface area contributed by atoms with Crippen LogP contribution in [0, 0.1) is 0 Å². The number of amides is 1. The number of likely N-dealkylation sites (N-methyl/N-ethyl adjacent to an activating group) is 1. The Kier molecular flexibility index (Phi) is 7.94. The Balaban J connectivity index is 1.51. The molecule has 5 nitrogen and oxygen atoms in total. The van der Waals surface area contributed by atoms with E-state index in [1.54, 1.807) is 0 Å². The van der Waals surface area contributed by atoms with Crippen molar-refractivity contribution in [2.24, 2.45) is 0 Å². The fourth-order valence-electron chi connectivity index (χ4n) is 3.78. The molecule has 1 aliphatic heterocycles. The number of fused-ring (bicyclic) bond motifs is 1. The van der Waals surface area contributed by atoms with Crippen LogP contribution in [0.15, 0.2) is 48.5 Å². The molecule has 0 unspecified atom stereocenters. The molecule has 5 heteroatoms. The number of nitrogens with one attached hydrogen (secondary N) is 1. The fourth-order valence-corrected chi connectivity index (χ4v) is 3.78. The zero-order valence-corrected chi connectivity index (χ0v) is 17.5. The molecule has 0 radical (unpaired) electrons. The zero-order chi connectivity index (χ0) is 20.5. The van der Waals surface area contributed by atoms with E-state index in [1.807, 2.05) is 24.3 Å². The number of benzene rings is 2. The SMILES string of the molecule is CCN(CC)[C@H](CNC(=O)CCc1ccc2c(c1)OCCO2)Cc1ccccc1. The van der Waals surface area contributed by atoms with E-state index >= 15 is 0 Å². The van der Waals surface area contributed by atoms with E-state index in [4.69, 9.17) is 9.47 Å². The number of carbonyl (C=O) groups excluding carboxylic acids is 1. The van der Waals surface area contributed by atoms with Crippen LogP contribution >= 0.6 is 0 Å². The van der Waals surface area contributed by atoms with Crippen LogP contribution in [0.2, 0.25) is 0 Å². The summed E-state index contributed by atoms with van der Waals surface area (Å²) in [6.45, 7) is 8.12. The summed E-state index contributed by atoms with van der Waals surface area (Å²) in [6.07, 6.45) is 2.10. The van der Waals surface area contributed by atoms with Crippen molar-refractivity contribution in [3.8, 4) is 11.5 Å².